The molecule has 0 bridgehead atoms. The van der Waals surface area contributed by atoms with Crippen molar-refractivity contribution >= 4 is 10.8 Å². The van der Waals surface area contributed by atoms with E-state index in [-0.39, 0.29) is 6.04 Å². The van der Waals surface area contributed by atoms with E-state index in [0.29, 0.717) is 6.54 Å². The summed E-state index contributed by atoms with van der Waals surface area (Å²) in [6.45, 7) is 0.418. The summed E-state index contributed by atoms with van der Waals surface area (Å²) in [6.07, 6.45) is 1.77. The number of nitrogens with zero attached hydrogens (tertiary/aromatic N) is 1. The Hall–Kier alpha value is -1.45. The second-order valence-corrected chi connectivity index (χ2v) is 3.26. The van der Waals surface area contributed by atoms with Gasteiger partial charge < -0.3 is 11.5 Å². The van der Waals surface area contributed by atoms with E-state index in [1.807, 2.05) is 30.3 Å². The Morgan fingerprint density at radius 1 is 1.21 bits per heavy atom. The van der Waals surface area contributed by atoms with Gasteiger partial charge in [0.1, 0.15) is 0 Å². The van der Waals surface area contributed by atoms with Crippen molar-refractivity contribution in [2.24, 2.45) is 11.5 Å². The van der Waals surface area contributed by atoms with E-state index in [1.54, 1.807) is 6.20 Å². The number of rotatable bonds is 2. The summed E-state index contributed by atoms with van der Waals surface area (Å²) >= 11 is 0. The number of fused-ring (bicyclic) bond motifs is 1. The van der Waals surface area contributed by atoms with Crippen molar-refractivity contribution in [2.75, 3.05) is 6.54 Å². The van der Waals surface area contributed by atoms with Gasteiger partial charge in [-0.3, -0.25) is 4.98 Å². The molecule has 1 aromatic carbocycles. The van der Waals surface area contributed by atoms with Crippen LogP contribution in [0.5, 0.6) is 0 Å². The minimum Gasteiger partial charge on any atom is -0.329 e. The lowest BCUT2D eigenvalue weighted by molar-refractivity contribution is 0.719. The van der Waals surface area contributed by atoms with Crippen LogP contribution in [0, 0.1) is 0 Å². The number of hydrogen-bond donors (Lipinski definition) is 2. The van der Waals surface area contributed by atoms with Crippen LogP contribution in [0.3, 0.4) is 0 Å². The molecule has 4 N–H and O–H groups in total. The topological polar surface area (TPSA) is 64.9 Å². The number of benzene rings is 1. The Morgan fingerprint density at radius 3 is 2.79 bits per heavy atom. The lowest BCUT2D eigenvalue weighted by Crippen LogP contribution is -2.22. The lowest BCUT2D eigenvalue weighted by Gasteiger charge is -2.10. The Morgan fingerprint density at radius 2 is 2.00 bits per heavy atom. The molecule has 0 fully saturated rings. The first-order chi connectivity index (χ1) is 6.83. The second kappa shape index (κ2) is 3.74. The fourth-order valence-corrected chi connectivity index (χ4v) is 1.55. The van der Waals surface area contributed by atoms with Gasteiger partial charge in [0.05, 0.1) is 11.7 Å². The first-order valence-electron chi connectivity index (χ1n) is 4.62. The summed E-state index contributed by atoms with van der Waals surface area (Å²) in [6, 6.07) is 9.84. The van der Waals surface area contributed by atoms with E-state index < -0.39 is 0 Å². The van der Waals surface area contributed by atoms with Gasteiger partial charge in [0.2, 0.25) is 0 Å². The zero-order chi connectivity index (χ0) is 9.97. The average Bonchev–Trinajstić information content (AvgIpc) is 2.27. The van der Waals surface area contributed by atoms with Crippen LogP contribution in [-0.4, -0.2) is 11.5 Å². The summed E-state index contributed by atoms with van der Waals surface area (Å²) in [5.74, 6) is 0. The van der Waals surface area contributed by atoms with Crippen LogP contribution in [0.25, 0.3) is 10.8 Å². The van der Waals surface area contributed by atoms with Gasteiger partial charge in [-0.1, -0.05) is 24.3 Å². The van der Waals surface area contributed by atoms with Crippen LogP contribution in [0.2, 0.25) is 0 Å². The molecule has 1 heterocycles. The summed E-state index contributed by atoms with van der Waals surface area (Å²) in [5.41, 5.74) is 12.3. The predicted octanol–water partition coefficient (Wildman–Crippen LogP) is 1.19. The van der Waals surface area contributed by atoms with Gasteiger partial charge in [-0.05, 0) is 11.5 Å². The van der Waals surface area contributed by atoms with E-state index in [2.05, 4.69) is 4.98 Å². The zero-order valence-electron chi connectivity index (χ0n) is 7.85. The van der Waals surface area contributed by atoms with Crippen molar-refractivity contribution in [1.29, 1.82) is 0 Å². The van der Waals surface area contributed by atoms with Crippen molar-refractivity contribution in [3.8, 4) is 0 Å². The highest BCUT2D eigenvalue weighted by Crippen LogP contribution is 2.19. The van der Waals surface area contributed by atoms with Crippen molar-refractivity contribution < 1.29 is 0 Å². The molecule has 0 radical (unpaired) electrons. The minimum absolute atomic E-state index is 0.180. The van der Waals surface area contributed by atoms with Crippen LogP contribution in [0.15, 0.2) is 36.5 Å². The van der Waals surface area contributed by atoms with Crippen LogP contribution in [-0.2, 0) is 0 Å². The standard InChI is InChI=1S/C11H13N3/c12-7-10(13)11-9-4-2-1-3-8(9)5-6-14-11/h1-6,10H,7,12-13H2. The first kappa shape index (κ1) is 9.12. The molecule has 0 spiro atoms. The molecule has 0 aliphatic rings. The van der Waals surface area contributed by atoms with Crippen molar-refractivity contribution in [3.63, 3.8) is 0 Å². The van der Waals surface area contributed by atoms with Crippen LogP contribution < -0.4 is 11.5 Å². The fraction of sp³-hybridized carbons (Fsp3) is 0.182. The maximum absolute atomic E-state index is 5.87. The number of aromatic nitrogens is 1. The second-order valence-electron chi connectivity index (χ2n) is 3.26. The molecule has 0 saturated carbocycles. The summed E-state index contributed by atoms with van der Waals surface area (Å²) in [5, 5.41) is 2.24. The van der Waals surface area contributed by atoms with Gasteiger partial charge in [-0.2, -0.15) is 0 Å². The Labute approximate surface area is 82.7 Å². The third kappa shape index (κ3) is 1.47. The SMILES string of the molecule is NCC(N)c1nccc2ccccc12. The Bertz CT molecular complexity index is 434. The summed E-state index contributed by atoms with van der Waals surface area (Å²) in [7, 11) is 0. The molecule has 72 valence electrons. The zero-order valence-corrected chi connectivity index (χ0v) is 7.85. The molecule has 14 heavy (non-hydrogen) atoms. The third-order valence-corrected chi connectivity index (χ3v) is 2.31. The molecule has 0 aliphatic heterocycles. The van der Waals surface area contributed by atoms with Gasteiger partial charge in [0.15, 0.2) is 0 Å². The Balaban J connectivity index is 2.65. The van der Waals surface area contributed by atoms with E-state index in [1.165, 1.54) is 0 Å². The van der Waals surface area contributed by atoms with Crippen molar-refractivity contribution in [3.05, 3.63) is 42.2 Å². The molecule has 0 aliphatic carbocycles. The van der Waals surface area contributed by atoms with Gasteiger partial charge >= 0.3 is 0 Å². The highest BCUT2D eigenvalue weighted by atomic mass is 14.8. The molecule has 0 amide bonds. The molecule has 2 aromatic rings. The monoisotopic (exact) mass is 187 g/mol. The third-order valence-electron chi connectivity index (χ3n) is 2.31. The normalized spacial score (nSPS) is 13.0. The number of nitrogens with two attached hydrogens (primary N) is 2. The summed E-state index contributed by atoms with van der Waals surface area (Å²) < 4.78 is 0. The smallest absolute Gasteiger partial charge is 0.0662 e. The molecule has 0 saturated heterocycles. The minimum atomic E-state index is -0.180. The lowest BCUT2D eigenvalue weighted by atomic mass is 10.1. The first-order valence-corrected chi connectivity index (χ1v) is 4.62. The molecule has 1 atom stereocenters. The highest BCUT2D eigenvalue weighted by molar-refractivity contribution is 5.84. The molecule has 3 heteroatoms. The van der Waals surface area contributed by atoms with Crippen LogP contribution in [0.1, 0.15) is 11.7 Å². The number of hydrogen-bond acceptors (Lipinski definition) is 3. The van der Waals surface area contributed by atoms with E-state index in [0.717, 1.165) is 16.5 Å². The molecule has 2 rings (SSSR count). The fourth-order valence-electron chi connectivity index (χ4n) is 1.55. The maximum atomic E-state index is 5.87. The molecule has 3 nitrogen and oxygen atoms in total. The van der Waals surface area contributed by atoms with Crippen molar-refractivity contribution in [1.82, 2.24) is 4.98 Å². The largest absolute Gasteiger partial charge is 0.329 e. The van der Waals surface area contributed by atoms with Crippen LogP contribution in [0.4, 0.5) is 0 Å². The Kier molecular flexibility index (Phi) is 2.43. The summed E-state index contributed by atoms with van der Waals surface area (Å²) in [4.78, 5) is 4.27. The van der Waals surface area contributed by atoms with Gasteiger partial charge in [-0.15, -0.1) is 0 Å². The predicted molar refractivity (Wildman–Crippen MR) is 57.7 cm³/mol. The number of pyridine rings is 1. The molecule has 1 unspecified atom stereocenters. The van der Waals surface area contributed by atoms with Gasteiger partial charge in [-0.25, -0.2) is 0 Å². The quantitative estimate of drug-likeness (QED) is 0.742. The van der Waals surface area contributed by atoms with E-state index >= 15 is 0 Å². The maximum Gasteiger partial charge on any atom is 0.0662 e. The van der Waals surface area contributed by atoms with E-state index in [4.69, 9.17) is 11.5 Å². The molecule has 1 aromatic heterocycles. The average molecular weight is 187 g/mol. The van der Waals surface area contributed by atoms with Crippen LogP contribution >= 0.6 is 0 Å². The highest BCUT2D eigenvalue weighted by Gasteiger charge is 2.08. The molecular formula is C11H13N3. The molecular weight excluding hydrogens is 174 g/mol. The van der Waals surface area contributed by atoms with E-state index in [9.17, 15) is 0 Å². The van der Waals surface area contributed by atoms with Gasteiger partial charge in [0, 0.05) is 18.1 Å². The van der Waals surface area contributed by atoms with Crippen molar-refractivity contribution in [2.45, 2.75) is 6.04 Å². The van der Waals surface area contributed by atoms with Gasteiger partial charge in [0.25, 0.3) is 0 Å².